The lowest BCUT2D eigenvalue weighted by Crippen LogP contribution is -2.30. The van der Waals surface area contributed by atoms with Gasteiger partial charge in [-0.3, -0.25) is 14.2 Å². The number of amides is 1. The van der Waals surface area contributed by atoms with Gasteiger partial charge in [0, 0.05) is 37.5 Å². The molecule has 1 amide bonds. The van der Waals surface area contributed by atoms with Gasteiger partial charge in [-0.1, -0.05) is 12.1 Å². The molecule has 5 rings (SSSR count). The van der Waals surface area contributed by atoms with Gasteiger partial charge in [0.25, 0.3) is 11.5 Å². The highest BCUT2D eigenvalue weighted by molar-refractivity contribution is 5.95. The molecule has 0 bridgehead atoms. The molecule has 1 aliphatic heterocycles. The van der Waals surface area contributed by atoms with Crippen molar-refractivity contribution in [3.8, 4) is 11.4 Å². The molecule has 2 heterocycles. The Morgan fingerprint density at radius 1 is 1.17 bits per heavy atom. The fourth-order valence-corrected chi connectivity index (χ4v) is 4.76. The zero-order valence-corrected chi connectivity index (χ0v) is 21.2. The molecule has 1 N–H and O–H groups in total. The predicted octanol–water partition coefficient (Wildman–Crippen LogP) is 4.07. The molecule has 1 aliphatic carbocycles. The highest BCUT2D eigenvalue weighted by atomic mass is 16.5. The van der Waals surface area contributed by atoms with E-state index in [-0.39, 0.29) is 17.5 Å². The summed E-state index contributed by atoms with van der Waals surface area (Å²) in [5.41, 5.74) is 2.08. The lowest BCUT2D eigenvalue weighted by Gasteiger charge is -2.20. The molecule has 1 unspecified atom stereocenters. The number of ether oxygens (including phenoxy) is 2. The Morgan fingerprint density at radius 2 is 2.03 bits per heavy atom. The third kappa shape index (κ3) is 5.79. The maximum absolute atomic E-state index is 13.5. The number of aromatic nitrogens is 1. The van der Waals surface area contributed by atoms with Crippen molar-refractivity contribution in [1.29, 1.82) is 0 Å². The Morgan fingerprint density at radius 3 is 2.81 bits per heavy atom. The molecule has 7 nitrogen and oxygen atoms in total. The van der Waals surface area contributed by atoms with Gasteiger partial charge in [0.05, 0.1) is 23.8 Å². The zero-order chi connectivity index (χ0) is 25.1. The first-order valence-electron chi connectivity index (χ1n) is 13.0. The molecule has 0 spiro atoms. The number of nitrogens with zero attached hydrogens (tertiary/aromatic N) is 2. The summed E-state index contributed by atoms with van der Waals surface area (Å²) in [6.07, 6.45) is 7.40. The Kier molecular flexibility index (Phi) is 7.39. The monoisotopic (exact) mass is 489 g/mol. The van der Waals surface area contributed by atoms with Crippen molar-refractivity contribution in [3.63, 3.8) is 0 Å². The Bertz CT molecular complexity index is 1290. The fraction of sp³-hybridized carbons (Fsp3) is 0.448. The van der Waals surface area contributed by atoms with Crippen molar-refractivity contribution >= 4 is 16.7 Å². The molecule has 2 aliphatic rings. The van der Waals surface area contributed by atoms with E-state index >= 15 is 0 Å². The van der Waals surface area contributed by atoms with Crippen molar-refractivity contribution in [2.75, 3.05) is 33.4 Å². The predicted molar refractivity (Wildman–Crippen MR) is 141 cm³/mol. The average Bonchev–Trinajstić information content (AvgIpc) is 3.54. The molecule has 1 saturated heterocycles. The second-order valence-corrected chi connectivity index (χ2v) is 10.1. The number of aryl methyl sites for hydroxylation is 1. The van der Waals surface area contributed by atoms with Crippen LogP contribution in [0, 0.1) is 6.92 Å². The molecule has 7 heteroatoms. The number of hydrogen-bond acceptors (Lipinski definition) is 5. The molecule has 0 radical (unpaired) electrons. The zero-order valence-electron chi connectivity index (χ0n) is 21.2. The minimum Gasteiger partial charge on any atom is -0.494 e. The van der Waals surface area contributed by atoms with Gasteiger partial charge < -0.3 is 19.7 Å². The van der Waals surface area contributed by atoms with Gasteiger partial charge in [0.2, 0.25) is 0 Å². The summed E-state index contributed by atoms with van der Waals surface area (Å²) in [5.74, 6) is 0.595. The van der Waals surface area contributed by atoms with Gasteiger partial charge in [-0.05, 0) is 87.4 Å². The number of benzene rings is 2. The maximum Gasteiger partial charge on any atom is 0.263 e. The summed E-state index contributed by atoms with van der Waals surface area (Å²) in [6.45, 7) is 5.30. The van der Waals surface area contributed by atoms with E-state index in [1.807, 2.05) is 43.3 Å². The van der Waals surface area contributed by atoms with Crippen molar-refractivity contribution in [2.45, 2.75) is 51.2 Å². The van der Waals surface area contributed by atoms with Gasteiger partial charge in [0.15, 0.2) is 0 Å². The molecule has 190 valence electrons. The van der Waals surface area contributed by atoms with Crippen LogP contribution in [0.5, 0.6) is 5.75 Å². The van der Waals surface area contributed by atoms with Crippen LogP contribution in [0.25, 0.3) is 16.5 Å². The maximum atomic E-state index is 13.5. The summed E-state index contributed by atoms with van der Waals surface area (Å²) in [4.78, 5) is 28.3. The first kappa shape index (κ1) is 24.5. The molecular weight excluding hydrogens is 454 g/mol. The lowest BCUT2D eigenvalue weighted by molar-refractivity contribution is 0.0797. The van der Waals surface area contributed by atoms with E-state index in [1.165, 1.54) is 0 Å². The summed E-state index contributed by atoms with van der Waals surface area (Å²) < 4.78 is 13.3. The van der Waals surface area contributed by atoms with E-state index in [4.69, 9.17) is 9.47 Å². The topological polar surface area (TPSA) is 72.8 Å². The molecular formula is C29H35N3O4. The normalized spacial score (nSPS) is 17.6. The van der Waals surface area contributed by atoms with Crippen LogP contribution < -0.4 is 15.6 Å². The third-order valence-electron chi connectivity index (χ3n) is 7.01. The van der Waals surface area contributed by atoms with Gasteiger partial charge in [-0.2, -0.15) is 0 Å². The van der Waals surface area contributed by atoms with Crippen LogP contribution >= 0.6 is 0 Å². The third-order valence-corrected chi connectivity index (χ3v) is 7.01. The van der Waals surface area contributed by atoms with Crippen LogP contribution in [0.15, 0.2) is 53.5 Å². The number of carbonyl (C=O) groups excluding carboxylic acids is 1. The van der Waals surface area contributed by atoms with E-state index < -0.39 is 0 Å². The van der Waals surface area contributed by atoms with E-state index in [1.54, 1.807) is 16.8 Å². The number of carbonyl (C=O) groups is 1. The number of nitrogens with one attached hydrogen (secondary N) is 1. The van der Waals surface area contributed by atoms with Crippen LogP contribution in [0.3, 0.4) is 0 Å². The largest absolute Gasteiger partial charge is 0.494 e. The van der Waals surface area contributed by atoms with E-state index in [9.17, 15) is 9.59 Å². The molecule has 2 aromatic carbocycles. The van der Waals surface area contributed by atoms with Crippen LogP contribution in [0.2, 0.25) is 0 Å². The highest BCUT2D eigenvalue weighted by Gasteiger charge is 2.24. The smallest absolute Gasteiger partial charge is 0.263 e. The SMILES string of the molecule is Cc1ccc(C(=O)NC2CC2)cc1-n1ccc2ccc(OCCCN(C)CC3CCCO3)cc2c1=O. The van der Waals surface area contributed by atoms with Gasteiger partial charge in [0.1, 0.15) is 5.75 Å². The van der Waals surface area contributed by atoms with Crippen molar-refractivity contribution in [2.24, 2.45) is 0 Å². The minimum absolute atomic E-state index is 0.0929. The van der Waals surface area contributed by atoms with E-state index in [0.29, 0.717) is 35.1 Å². The first-order valence-corrected chi connectivity index (χ1v) is 13.0. The molecule has 3 aromatic rings. The Balaban J connectivity index is 1.28. The number of likely N-dealkylation sites (N-methyl/N-ethyl adjacent to an activating group) is 1. The average molecular weight is 490 g/mol. The Hall–Kier alpha value is -3.16. The van der Waals surface area contributed by atoms with Crippen molar-refractivity contribution in [3.05, 3.63) is 70.1 Å². The second-order valence-electron chi connectivity index (χ2n) is 10.1. The highest BCUT2D eigenvalue weighted by Crippen LogP contribution is 2.23. The summed E-state index contributed by atoms with van der Waals surface area (Å²) in [5, 5.41) is 4.47. The van der Waals surface area contributed by atoms with Crippen LogP contribution in [-0.4, -0.2) is 60.9 Å². The van der Waals surface area contributed by atoms with Gasteiger partial charge in [-0.15, -0.1) is 0 Å². The number of pyridine rings is 1. The molecule has 1 aromatic heterocycles. The van der Waals surface area contributed by atoms with Crippen molar-refractivity contribution in [1.82, 2.24) is 14.8 Å². The van der Waals surface area contributed by atoms with E-state index in [2.05, 4.69) is 17.3 Å². The van der Waals surface area contributed by atoms with Crippen molar-refractivity contribution < 1.29 is 14.3 Å². The Labute approximate surface area is 212 Å². The molecule has 1 saturated carbocycles. The lowest BCUT2D eigenvalue weighted by atomic mass is 10.1. The molecule has 36 heavy (non-hydrogen) atoms. The summed E-state index contributed by atoms with van der Waals surface area (Å²) >= 11 is 0. The minimum atomic E-state index is -0.128. The number of hydrogen-bond donors (Lipinski definition) is 1. The van der Waals surface area contributed by atoms with E-state index in [0.717, 1.165) is 62.8 Å². The van der Waals surface area contributed by atoms with Crippen LogP contribution in [0.1, 0.15) is 48.0 Å². The second kappa shape index (κ2) is 10.8. The molecule has 2 fully saturated rings. The first-order chi connectivity index (χ1) is 17.5. The van der Waals surface area contributed by atoms with Crippen LogP contribution in [-0.2, 0) is 4.74 Å². The summed E-state index contributed by atoms with van der Waals surface area (Å²) in [6, 6.07) is 13.4. The molecule has 1 atom stereocenters. The van der Waals surface area contributed by atoms with Crippen LogP contribution in [0.4, 0.5) is 0 Å². The fourth-order valence-electron chi connectivity index (χ4n) is 4.76. The van der Waals surface area contributed by atoms with Gasteiger partial charge >= 0.3 is 0 Å². The quantitative estimate of drug-likeness (QED) is 0.435. The standard InChI is InChI=1S/C29H35N3O4/c1-20-6-7-22(28(33)30-23-9-10-23)17-27(20)32-14-12-21-8-11-24(18-26(21)29(32)34)35-16-4-13-31(2)19-25-5-3-15-36-25/h6-8,11-12,14,17-18,23,25H,3-5,9-10,13,15-16,19H2,1-2H3,(H,30,33). The number of rotatable bonds is 10. The summed E-state index contributed by atoms with van der Waals surface area (Å²) in [7, 11) is 2.12. The number of fused-ring (bicyclic) bond motifs is 1. The van der Waals surface area contributed by atoms with Gasteiger partial charge in [-0.25, -0.2) is 0 Å².